The molecule has 4 rings (SSSR count). The van der Waals surface area contributed by atoms with Crippen LogP contribution in [0, 0.1) is 0 Å². The van der Waals surface area contributed by atoms with Gasteiger partial charge in [-0.1, -0.05) is 30.3 Å². The molecular weight excluding hydrogens is 292 g/mol. The van der Waals surface area contributed by atoms with E-state index >= 15 is 0 Å². The van der Waals surface area contributed by atoms with Gasteiger partial charge >= 0.3 is 0 Å². The summed E-state index contributed by atoms with van der Waals surface area (Å²) >= 11 is 0. The molecule has 5 heteroatoms. The number of nitrogens with one attached hydrogen (secondary N) is 1. The second kappa shape index (κ2) is 4.84. The number of rotatable bonds is 1. The van der Waals surface area contributed by atoms with Gasteiger partial charge in [0.15, 0.2) is 5.43 Å². The van der Waals surface area contributed by atoms with Crippen LogP contribution in [0.2, 0.25) is 0 Å². The molecule has 1 N–H and O–H groups in total. The predicted octanol–water partition coefficient (Wildman–Crippen LogP) is 2.21. The first kappa shape index (κ1) is 13.3. The minimum Gasteiger partial charge on any atom is -0.358 e. The number of carbonyl (C=O) groups excluding carboxylic acids is 2. The van der Waals surface area contributed by atoms with Crippen LogP contribution in [-0.4, -0.2) is 21.5 Å². The van der Waals surface area contributed by atoms with Crippen molar-refractivity contribution in [1.82, 2.24) is 9.97 Å². The molecular formula is C18H10N2O3. The fourth-order valence-corrected chi connectivity index (χ4v) is 2.85. The van der Waals surface area contributed by atoms with E-state index in [1.54, 1.807) is 6.07 Å². The summed E-state index contributed by atoms with van der Waals surface area (Å²) in [6.45, 7) is 0. The van der Waals surface area contributed by atoms with Gasteiger partial charge in [-0.3, -0.25) is 19.4 Å². The number of hydrogen-bond donors (Lipinski definition) is 1. The van der Waals surface area contributed by atoms with E-state index in [4.69, 9.17) is 0 Å². The van der Waals surface area contributed by atoms with Gasteiger partial charge in [0.25, 0.3) is 0 Å². The lowest BCUT2D eigenvalue weighted by Crippen LogP contribution is -2.30. The second-order valence-electron chi connectivity index (χ2n) is 5.20. The fourth-order valence-electron chi connectivity index (χ4n) is 2.85. The summed E-state index contributed by atoms with van der Waals surface area (Å²) < 4.78 is 0. The molecule has 1 aliphatic rings. The number of fused-ring (bicyclic) bond motifs is 2. The van der Waals surface area contributed by atoms with Gasteiger partial charge in [-0.25, -0.2) is 0 Å². The molecule has 110 valence electrons. The third-order valence-electron chi connectivity index (χ3n) is 3.89. The maximum atomic E-state index is 12.8. The summed E-state index contributed by atoms with van der Waals surface area (Å²) in [4.78, 5) is 44.2. The third kappa shape index (κ3) is 1.87. The van der Waals surface area contributed by atoms with Gasteiger partial charge in [0.05, 0.1) is 11.1 Å². The molecule has 0 unspecified atom stereocenters. The Hall–Kier alpha value is -3.34. The molecule has 0 atom stereocenters. The van der Waals surface area contributed by atoms with Crippen molar-refractivity contribution in [1.29, 1.82) is 0 Å². The van der Waals surface area contributed by atoms with E-state index in [0.29, 0.717) is 5.56 Å². The smallest absolute Gasteiger partial charge is 0.218 e. The SMILES string of the molecule is O=C1c2[nH]ccc(=O)c2C(=O)c2nccc(-c3ccccc3)c21. The number of aromatic amines is 1. The lowest BCUT2D eigenvalue weighted by molar-refractivity contribution is 0.0971. The number of H-pyrrole nitrogens is 1. The summed E-state index contributed by atoms with van der Waals surface area (Å²) in [6.07, 6.45) is 2.85. The van der Waals surface area contributed by atoms with Crippen molar-refractivity contribution in [2.75, 3.05) is 0 Å². The highest BCUT2D eigenvalue weighted by atomic mass is 16.1. The van der Waals surface area contributed by atoms with E-state index in [1.165, 1.54) is 18.5 Å². The zero-order valence-corrected chi connectivity index (χ0v) is 11.9. The zero-order chi connectivity index (χ0) is 16.0. The molecule has 0 spiro atoms. The first-order valence-electron chi connectivity index (χ1n) is 7.04. The summed E-state index contributed by atoms with van der Waals surface area (Å²) in [5.41, 5.74) is 1.12. The first-order chi connectivity index (χ1) is 11.2. The number of benzene rings is 1. The summed E-state index contributed by atoms with van der Waals surface area (Å²) in [5, 5.41) is 0. The van der Waals surface area contributed by atoms with Crippen LogP contribution < -0.4 is 5.43 Å². The summed E-state index contributed by atoms with van der Waals surface area (Å²) in [5.74, 6) is -0.909. The van der Waals surface area contributed by atoms with Crippen LogP contribution in [0.4, 0.5) is 0 Å². The van der Waals surface area contributed by atoms with E-state index in [0.717, 1.165) is 5.56 Å². The largest absolute Gasteiger partial charge is 0.358 e. The van der Waals surface area contributed by atoms with Crippen LogP contribution in [0.3, 0.4) is 0 Å². The van der Waals surface area contributed by atoms with E-state index in [-0.39, 0.29) is 28.3 Å². The van der Waals surface area contributed by atoms with Gasteiger partial charge in [0, 0.05) is 18.5 Å². The Morgan fingerprint density at radius 2 is 1.61 bits per heavy atom. The number of pyridine rings is 2. The van der Waals surface area contributed by atoms with Gasteiger partial charge in [-0.2, -0.15) is 0 Å². The quantitative estimate of drug-likeness (QED) is 0.584. The highest BCUT2D eigenvalue weighted by Gasteiger charge is 2.35. The highest BCUT2D eigenvalue weighted by molar-refractivity contribution is 6.28. The average Bonchev–Trinajstić information content (AvgIpc) is 2.59. The van der Waals surface area contributed by atoms with E-state index < -0.39 is 11.2 Å². The highest BCUT2D eigenvalue weighted by Crippen LogP contribution is 2.31. The molecule has 0 saturated heterocycles. The molecule has 0 aliphatic heterocycles. The molecule has 2 heterocycles. The van der Waals surface area contributed by atoms with Crippen molar-refractivity contribution in [2.45, 2.75) is 0 Å². The molecule has 0 saturated carbocycles. The molecule has 0 fully saturated rings. The van der Waals surface area contributed by atoms with E-state index in [2.05, 4.69) is 9.97 Å². The Bertz CT molecular complexity index is 1020. The number of carbonyl (C=O) groups is 2. The van der Waals surface area contributed by atoms with Gasteiger partial charge in [-0.15, -0.1) is 0 Å². The number of hydrogen-bond acceptors (Lipinski definition) is 4. The maximum absolute atomic E-state index is 12.8. The minimum absolute atomic E-state index is 0.0279. The van der Waals surface area contributed by atoms with Crippen LogP contribution in [-0.2, 0) is 0 Å². The molecule has 0 bridgehead atoms. The Balaban J connectivity index is 2.05. The Labute approximate surface area is 130 Å². The van der Waals surface area contributed by atoms with Crippen molar-refractivity contribution in [3.63, 3.8) is 0 Å². The van der Waals surface area contributed by atoms with Crippen molar-refractivity contribution < 1.29 is 9.59 Å². The molecule has 0 radical (unpaired) electrons. The van der Waals surface area contributed by atoms with Crippen LogP contribution in [0.15, 0.2) is 59.7 Å². The van der Waals surface area contributed by atoms with Gasteiger partial charge in [0.1, 0.15) is 11.4 Å². The van der Waals surface area contributed by atoms with Gasteiger partial charge in [0.2, 0.25) is 11.6 Å². The van der Waals surface area contributed by atoms with Gasteiger partial charge < -0.3 is 4.98 Å². The molecule has 5 nitrogen and oxygen atoms in total. The van der Waals surface area contributed by atoms with Crippen LogP contribution >= 0.6 is 0 Å². The van der Waals surface area contributed by atoms with E-state index in [9.17, 15) is 14.4 Å². The van der Waals surface area contributed by atoms with E-state index in [1.807, 2.05) is 30.3 Å². The van der Waals surface area contributed by atoms with Gasteiger partial charge in [-0.05, 0) is 17.2 Å². The standard InChI is InChI=1S/C18H10N2O3/c21-12-7-9-20-16-14(12)18(23)15-13(17(16)22)11(6-8-19-15)10-4-2-1-3-5-10/h1-9H,(H,20,21). The van der Waals surface area contributed by atoms with Crippen LogP contribution in [0.5, 0.6) is 0 Å². The van der Waals surface area contributed by atoms with Crippen molar-refractivity contribution in [2.24, 2.45) is 0 Å². The van der Waals surface area contributed by atoms with Crippen molar-refractivity contribution in [3.05, 3.63) is 87.6 Å². The topological polar surface area (TPSA) is 79.9 Å². The van der Waals surface area contributed by atoms with Crippen LogP contribution in [0.1, 0.15) is 32.1 Å². The molecule has 1 aliphatic carbocycles. The molecule has 1 aromatic carbocycles. The van der Waals surface area contributed by atoms with Crippen LogP contribution in [0.25, 0.3) is 11.1 Å². The van der Waals surface area contributed by atoms with Crippen molar-refractivity contribution in [3.8, 4) is 11.1 Å². The Morgan fingerprint density at radius 3 is 2.39 bits per heavy atom. The molecule has 2 aromatic heterocycles. The third-order valence-corrected chi connectivity index (χ3v) is 3.89. The normalized spacial score (nSPS) is 12.7. The maximum Gasteiger partial charge on any atom is 0.218 e. The summed E-state index contributed by atoms with van der Waals surface area (Å²) in [7, 11) is 0. The predicted molar refractivity (Wildman–Crippen MR) is 83.6 cm³/mol. The van der Waals surface area contributed by atoms with Crippen molar-refractivity contribution >= 4 is 11.6 Å². The fraction of sp³-hybridized carbons (Fsp3) is 0. The number of nitrogens with zero attached hydrogens (tertiary/aromatic N) is 1. The Kier molecular flexibility index (Phi) is 2.81. The Morgan fingerprint density at radius 1 is 0.826 bits per heavy atom. The monoisotopic (exact) mass is 302 g/mol. The molecule has 0 amide bonds. The lowest BCUT2D eigenvalue weighted by Gasteiger charge is -2.18. The number of ketones is 2. The minimum atomic E-state index is -0.519. The zero-order valence-electron chi connectivity index (χ0n) is 11.9. The number of aromatic nitrogens is 2. The average molecular weight is 302 g/mol. The second-order valence-corrected chi connectivity index (χ2v) is 5.20. The molecule has 23 heavy (non-hydrogen) atoms. The lowest BCUT2D eigenvalue weighted by atomic mass is 9.85. The summed E-state index contributed by atoms with van der Waals surface area (Å²) in [6, 6.07) is 12.2. The molecule has 3 aromatic rings. The first-order valence-corrected chi connectivity index (χ1v) is 7.04.